The minimum atomic E-state index is -0.543. The van der Waals surface area contributed by atoms with Crippen LogP contribution in [0, 0.1) is 10.1 Å². The lowest BCUT2D eigenvalue weighted by Gasteiger charge is -1.94. The number of aromatic nitrogens is 2. The Bertz CT molecular complexity index is 283. The van der Waals surface area contributed by atoms with Crippen molar-refractivity contribution in [3.8, 4) is 0 Å². The molecule has 0 atom stereocenters. The molecule has 60 valence electrons. The molecule has 0 amide bonds. The summed E-state index contributed by atoms with van der Waals surface area (Å²) in [6.07, 6.45) is 1.27. The molecule has 1 rings (SSSR count). The highest BCUT2D eigenvalue weighted by Crippen LogP contribution is 2.22. The third-order valence-electron chi connectivity index (χ3n) is 1.24. The Morgan fingerprint density at radius 1 is 1.91 bits per heavy atom. The normalized spacial score (nSPS) is 10.0. The number of aryl methyl sites for hydroxylation is 1. The fourth-order valence-corrected chi connectivity index (χ4v) is 0.979. The van der Waals surface area contributed by atoms with Crippen molar-refractivity contribution < 1.29 is 4.92 Å². The zero-order valence-corrected chi connectivity index (χ0v) is 6.58. The molecular weight excluding hydrogens is 170 g/mol. The van der Waals surface area contributed by atoms with Crippen LogP contribution in [0.4, 0.5) is 5.82 Å². The first kappa shape index (κ1) is 8.00. The first-order chi connectivity index (χ1) is 5.16. The van der Waals surface area contributed by atoms with Crippen LogP contribution in [0.5, 0.6) is 0 Å². The van der Waals surface area contributed by atoms with Gasteiger partial charge >= 0.3 is 5.82 Å². The Morgan fingerprint density at radius 2 is 2.55 bits per heavy atom. The summed E-state index contributed by atoms with van der Waals surface area (Å²) in [5.41, 5.74) is 0. The van der Waals surface area contributed by atoms with Gasteiger partial charge in [0, 0.05) is 0 Å². The molecule has 1 aromatic heterocycles. The second-order valence-corrected chi connectivity index (χ2v) is 2.30. The molecule has 0 radical (unpaired) electrons. The highest BCUT2D eigenvalue weighted by molar-refractivity contribution is 6.32. The van der Waals surface area contributed by atoms with E-state index in [1.54, 1.807) is 6.92 Å². The van der Waals surface area contributed by atoms with E-state index in [-0.39, 0.29) is 10.8 Å². The molecule has 0 saturated carbocycles. The molecule has 0 unspecified atom stereocenters. The maximum Gasteiger partial charge on any atom is 0.363 e. The summed E-state index contributed by atoms with van der Waals surface area (Å²) >= 11 is 5.49. The van der Waals surface area contributed by atoms with Gasteiger partial charge in [-0.15, -0.1) is 4.68 Å². The minimum Gasteiger partial charge on any atom is -0.358 e. The quantitative estimate of drug-likeness (QED) is 0.505. The van der Waals surface area contributed by atoms with Gasteiger partial charge in [0.2, 0.25) is 0 Å². The van der Waals surface area contributed by atoms with Crippen LogP contribution >= 0.6 is 11.6 Å². The number of nitrogens with zero attached hydrogens (tertiary/aromatic N) is 3. The summed E-state index contributed by atoms with van der Waals surface area (Å²) in [7, 11) is 0. The summed E-state index contributed by atoms with van der Waals surface area (Å²) in [6, 6.07) is 0. The van der Waals surface area contributed by atoms with Gasteiger partial charge in [0.15, 0.2) is 5.02 Å². The van der Waals surface area contributed by atoms with Gasteiger partial charge in [-0.2, -0.15) is 0 Å². The summed E-state index contributed by atoms with van der Waals surface area (Å²) in [5, 5.41) is 14.1. The van der Waals surface area contributed by atoms with Crippen LogP contribution in [0.1, 0.15) is 6.92 Å². The van der Waals surface area contributed by atoms with Gasteiger partial charge in [-0.25, -0.2) is 0 Å². The maximum absolute atomic E-state index is 10.3. The molecule has 0 aliphatic heterocycles. The molecule has 1 heterocycles. The Hall–Kier alpha value is -1.10. The van der Waals surface area contributed by atoms with Gasteiger partial charge in [-0.1, -0.05) is 16.7 Å². The summed E-state index contributed by atoms with van der Waals surface area (Å²) < 4.78 is 1.24. The van der Waals surface area contributed by atoms with Crippen molar-refractivity contribution in [2.24, 2.45) is 0 Å². The summed E-state index contributed by atoms with van der Waals surface area (Å²) in [5.74, 6) is -0.144. The average molecular weight is 176 g/mol. The topological polar surface area (TPSA) is 61.0 Å². The van der Waals surface area contributed by atoms with Gasteiger partial charge in [0.05, 0.1) is 6.20 Å². The largest absolute Gasteiger partial charge is 0.363 e. The molecule has 0 N–H and O–H groups in total. The van der Waals surface area contributed by atoms with Crippen LogP contribution in [-0.2, 0) is 6.54 Å². The second-order valence-electron chi connectivity index (χ2n) is 1.89. The highest BCUT2D eigenvalue weighted by atomic mass is 35.5. The lowest BCUT2D eigenvalue weighted by Crippen LogP contribution is -2.02. The monoisotopic (exact) mass is 175 g/mol. The van der Waals surface area contributed by atoms with E-state index in [4.69, 9.17) is 11.6 Å². The number of hydrogen-bond acceptors (Lipinski definition) is 3. The predicted octanol–water partition coefficient (Wildman–Crippen LogP) is 1.46. The molecule has 0 bridgehead atoms. The molecule has 11 heavy (non-hydrogen) atoms. The van der Waals surface area contributed by atoms with Crippen molar-refractivity contribution >= 4 is 17.4 Å². The van der Waals surface area contributed by atoms with E-state index in [0.717, 1.165) is 0 Å². The van der Waals surface area contributed by atoms with E-state index >= 15 is 0 Å². The van der Waals surface area contributed by atoms with Crippen LogP contribution in [0.25, 0.3) is 0 Å². The lowest BCUT2D eigenvalue weighted by atomic mass is 10.6. The van der Waals surface area contributed by atoms with E-state index in [9.17, 15) is 10.1 Å². The van der Waals surface area contributed by atoms with E-state index in [2.05, 4.69) is 5.10 Å². The van der Waals surface area contributed by atoms with E-state index in [1.807, 2.05) is 0 Å². The van der Waals surface area contributed by atoms with Crippen molar-refractivity contribution in [2.45, 2.75) is 13.5 Å². The van der Waals surface area contributed by atoms with E-state index in [0.29, 0.717) is 6.54 Å². The molecule has 6 heteroatoms. The van der Waals surface area contributed by atoms with Gasteiger partial charge in [0.1, 0.15) is 6.54 Å². The van der Waals surface area contributed by atoms with Gasteiger partial charge in [0.25, 0.3) is 0 Å². The first-order valence-electron chi connectivity index (χ1n) is 3.02. The van der Waals surface area contributed by atoms with Crippen molar-refractivity contribution in [3.63, 3.8) is 0 Å². The number of rotatable bonds is 2. The van der Waals surface area contributed by atoms with Crippen LogP contribution in [0.3, 0.4) is 0 Å². The lowest BCUT2D eigenvalue weighted by molar-refractivity contribution is -0.392. The predicted molar refractivity (Wildman–Crippen MR) is 39.6 cm³/mol. The zero-order chi connectivity index (χ0) is 8.43. The van der Waals surface area contributed by atoms with Crippen LogP contribution < -0.4 is 0 Å². The highest BCUT2D eigenvalue weighted by Gasteiger charge is 2.18. The Balaban J connectivity index is 3.17. The third-order valence-corrected chi connectivity index (χ3v) is 1.51. The van der Waals surface area contributed by atoms with Crippen LogP contribution in [0.2, 0.25) is 5.02 Å². The number of nitro groups is 1. The first-order valence-corrected chi connectivity index (χ1v) is 3.40. The number of halogens is 1. The molecule has 1 aromatic rings. The van der Waals surface area contributed by atoms with E-state index in [1.165, 1.54) is 10.9 Å². The standard InChI is InChI=1S/C5H6ClN3O2/c1-2-8-5(9(10)11)4(6)3-7-8/h3H,2H2,1H3. The SMILES string of the molecule is CCn1ncc(Cl)c1[N+](=O)[O-]. The van der Waals surface area contributed by atoms with Gasteiger partial charge < -0.3 is 10.1 Å². The minimum absolute atomic E-state index is 0.0804. The zero-order valence-electron chi connectivity index (χ0n) is 5.82. The Morgan fingerprint density at radius 3 is 2.91 bits per heavy atom. The Labute approximate surface area is 67.7 Å². The molecule has 0 saturated heterocycles. The maximum atomic E-state index is 10.3. The molecule has 0 aliphatic carbocycles. The molecular formula is C5H6ClN3O2. The summed E-state index contributed by atoms with van der Waals surface area (Å²) in [4.78, 5) is 9.78. The van der Waals surface area contributed by atoms with Crippen molar-refractivity contribution in [1.82, 2.24) is 9.78 Å². The molecule has 0 spiro atoms. The Kier molecular flexibility index (Phi) is 2.09. The molecule has 5 nitrogen and oxygen atoms in total. The van der Waals surface area contributed by atoms with Crippen molar-refractivity contribution in [2.75, 3.05) is 0 Å². The average Bonchev–Trinajstić information content (AvgIpc) is 2.30. The van der Waals surface area contributed by atoms with E-state index < -0.39 is 4.92 Å². The molecule has 0 fully saturated rings. The fraction of sp³-hybridized carbons (Fsp3) is 0.400. The summed E-state index contributed by atoms with van der Waals surface area (Å²) in [6.45, 7) is 2.21. The van der Waals surface area contributed by atoms with Crippen molar-refractivity contribution in [1.29, 1.82) is 0 Å². The second kappa shape index (κ2) is 2.87. The van der Waals surface area contributed by atoms with Crippen LogP contribution in [-0.4, -0.2) is 14.7 Å². The van der Waals surface area contributed by atoms with Crippen LogP contribution in [0.15, 0.2) is 6.20 Å². The van der Waals surface area contributed by atoms with Crippen molar-refractivity contribution in [3.05, 3.63) is 21.3 Å². The number of hydrogen-bond donors (Lipinski definition) is 0. The molecule has 0 aromatic carbocycles. The molecule has 0 aliphatic rings. The van der Waals surface area contributed by atoms with Gasteiger partial charge in [-0.05, 0) is 11.8 Å². The smallest absolute Gasteiger partial charge is 0.358 e. The third kappa shape index (κ3) is 1.32. The van der Waals surface area contributed by atoms with Gasteiger partial charge in [-0.3, -0.25) is 0 Å². The fourth-order valence-electron chi connectivity index (χ4n) is 0.769.